The minimum atomic E-state index is 0.0755. The molecule has 5 heterocycles. The zero-order valence-corrected chi connectivity index (χ0v) is 15.6. The van der Waals surface area contributed by atoms with Gasteiger partial charge < -0.3 is 9.64 Å². The van der Waals surface area contributed by atoms with Crippen LogP contribution in [0.4, 0.5) is 5.82 Å². The van der Waals surface area contributed by atoms with Crippen molar-refractivity contribution in [2.45, 2.75) is 12.5 Å². The molecule has 0 radical (unpaired) electrons. The number of nitrogens with zero attached hydrogens (tertiary/aromatic N) is 6. The van der Waals surface area contributed by atoms with Crippen LogP contribution in [0.1, 0.15) is 12.0 Å². The third-order valence-electron chi connectivity index (χ3n) is 5.10. The first kappa shape index (κ1) is 17.2. The van der Waals surface area contributed by atoms with Crippen molar-refractivity contribution in [3.63, 3.8) is 0 Å². The highest BCUT2D eigenvalue weighted by Crippen LogP contribution is 2.32. The molecular weight excluding hydrogens is 364 g/mol. The predicted octanol–water partition coefficient (Wildman–Crippen LogP) is 3.32. The Morgan fingerprint density at radius 1 is 1.07 bits per heavy atom. The molecule has 1 saturated heterocycles. The van der Waals surface area contributed by atoms with E-state index in [0.29, 0.717) is 11.4 Å². The first-order valence-electron chi connectivity index (χ1n) is 9.47. The number of hydrogen-bond donors (Lipinski definition) is 0. The fourth-order valence-corrected chi connectivity index (χ4v) is 3.71. The molecular formula is C22H18N6O. The maximum absolute atomic E-state index is 9.19. The van der Waals surface area contributed by atoms with Gasteiger partial charge in [-0.05, 0) is 24.3 Å². The van der Waals surface area contributed by atoms with Gasteiger partial charge in [0.1, 0.15) is 18.0 Å². The monoisotopic (exact) mass is 382 g/mol. The number of nitriles is 1. The molecule has 0 amide bonds. The Hall–Kier alpha value is -3.92. The number of aromatic nitrogens is 4. The van der Waals surface area contributed by atoms with Gasteiger partial charge in [0.25, 0.3) is 0 Å². The molecule has 4 aromatic heterocycles. The van der Waals surface area contributed by atoms with Gasteiger partial charge in [0, 0.05) is 48.7 Å². The highest BCUT2D eigenvalue weighted by atomic mass is 16.5. The normalized spacial score (nSPS) is 16.1. The Labute approximate surface area is 167 Å². The summed E-state index contributed by atoms with van der Waals surface area (Å²) in [5.41, 5.74) is 3.40. The van der Waals surface area contributed by atoms with Gasteiger partial charge in [-0.1, -0.05) is 12.1 Å². The maximum Gasteiger partial charge on any atom is 0.213 e. The lowest BCUT2D eigenvalue weighted by Gasteiger charge is -2.21. The summed E-state index contributed by atoms with van der Waals surface area (Å²) in [5, 5.41) is 13.5. The maximum atomic E-state index is 9.19. The molecule has 0 aliphatic carbocycles. The van der Waals surface area contributed by atoms with E-state index >= 15 is 0 Å². The van der Waals surface area contributed by atoms with Gasteiger partial charge >= 0.3 is 0 Å². The Bertz CT molecular complexity index is 1200. The Morgan fingerprint density at radius 2 is 2.00 bits per heavy atom. The van der Waals surface area contributed by atoms with Crippen LogP contribution in [0.5, 0.6) is 5.88 Å². The van der Waals surface area contributed by atoms with Gasteiger partial charge in [0.05, 0.1) is 23.8 Å². The molecule has 0 bridgehead atoms. The molecule has 0 N–H and O–H groups in total. The summed E-state index contributed by atoms with van der Waals surface area (Å²) in [6, 6.07) is 15.8. The summed E-state index contributed by atoms with van der Waals surface area (Å²) in [4.78, 5) is 11.2. The molecule has 1 atom stereocenters. The minimum Gasteiger partial charge on any atom is -0.472 e. The van der Waals surface area contributed by atoms with Crippen molar-refractivity contribution >= 4 is 11.3 Å². The predicted molar refractivity (Wildman–Crippen MR) is 109 cm³/mol. The molecule has 1 fully saturated rings. The van der Waals surface area contributed by atoms with Crippen molar-refractivity contribution in [2.75, 3.05) is 18.0 Å². The van der Waals surface area contributed by atoms with Gasteiger partial charge in [-0.2, -0.15) is 10.4 Å². The summed E-state index contributed by atoms with van der Waals surface area (Å²) in [6.45, 7) is 1.62. The van der Waals surface area contributed by atoms with E-state index in [1.165, 1.54) is 0 Å². The molecule has 0 spiro atoms. The lowest BCUT2D eigenvalue weighted by atomic mass is 10.1. The topological polar surface area (TPSA) is 79.3 Å². The molecule has 1 unspecified atom stereocenters. The van der Waals surface area contributed by atoms with E-state index in [9.17, 15) is 5.26 Å². The van der Waals surface area contributed by atoms with Gasteiger partial charge in [-0.15, -0.1) is 0 Å². The van der Waals surface area contributed by atoms with E-state index in [0.717, 1.165) is 42.0 Å². The lowest BCUT2D eigenvalue weighted by molar-refractivity contribution is 0.216. The SMILES string of the molecule is N#Cc1cnn2cc(-c3cccnc3N3CCC(Oc4ccccn4)C3)ccc12. The van der Waals surface area contributed by atoms with Crippen molar-refractivity contribution in [2.24, 2.45) is 0 Å². The zero-order chi connectivity index (χ0) is 19.6. The van der Waals surface area contributed by atoms with E-state index in [1.54, 1.807) is 16.9 Å². The Balaban J connectivity index is 1.42. The number of ether oxygens (including phenoxy) is 1. The van der Waals surface area contributed by atoms with Crippen molar-refractivity contribution < 1.29 is 4.74 Å². The number of pyridine rings is 3. The van der Waals surface area contributed by atoms with Crippen LogP contribution in [0.25, 0.3) is 16.6 Å². The number of rotatable bonds is 4. The molecule has 4 aromatic rings. The molecule has 0 aromatic carbocycles. The van der Waals surface area contributed by atoms with Gasteiger partial charge in [0.15, 0.2) is 0 Å². The zero-order valence-electron chi connectivity index (χ0n) is 15.6. The van der Waals surface area contributed by atoms with Crippen molar-refractivity contribution in [3.05, 3.63) is 72.8 Å². The van der Waals surface area contributed by atoms with E-state index in [1.807, 2.05) is 48.8 Å². The fraction of sp³-hybridized carbons (Fsp3) is 0.182. The molecule has 1 aliphatic heterocycles. The minimum absolute atomic E-state index is 0.0755. The molecule has 1 aliphatic rings. The Morgan fingerprint density at radius 3 is 2.86 bits per heavy atom. The van der Waals surface area contributed by atoms with E-state index in [4.69, 9.17) is 4.74 Å². The van der Waals surface area contributed by atoms with Crippen molar-refractivity contribution in [1.29, 1.82) is 5.26 Å². The second kappa shape index (κ2) is 7.24. The summed E-state index contributed by atoms with van der Waals surface area (Å²) < 4.78 is 7.76. The van der Waals surface area contributed by atoms with Crippen LogP contribution in [-0.2, 0) is 0 Å². The Kier molecular flexibility index (Phi) is 4.30. The highest BCUT2D eigenvalue weighted by molar-refractivity contribution is 5.77. The first-order chi connectivity index (χ1) is 14.3. The quantitative estimate of drug-likeness (QED) is 0.539. The molecule has 0 saturated carbocycles. The first-order valence-corrected chi connectivity index (χ1v) is 9.47. The lowest BCUT2D eigenvalue weighted by Crippen LogP contribution is -2.25. The highest BCUT2D eigenvalue weighted by Gasteiger charge is 2.27. The third kappa shape index (κ3) is 3.25. The summed E-state index contributed by atoms with van der Waals surface area (Å²) in [5.74, 6) is 1.57. The van der Waals surface area contributed by atoms with Crippen LogP contribution in [0.3, 0.4) is 0 Å². The van der Waals surface area contributed by atoms with Crippen molar-refractivity contribution in [3.8, 4) is 23.1 Å². The molecule has 142 valence electrons. The number of fused-ring (bicyclic) bond motifs is 1. The van der Waals surface area contributed by atoms with Crippen LogP contribution in [-0.4, -0.2) is 38.8 Å². The van der Waals surface area contributed by atoms with Gasteiger partial charge in [-0.25, -0.2) is 14.5 Å². The van der Waals surface area contributed by atoms with Crippen molar-refractivity contribution in [1.82, 2.24) is 19.6 Å². The molecule has 29 heavy (non-hydrogen) atoms. The summed E-state index contributed by atoms with van der Waals surface area (Å²) in [7, 11) is 0. The largest absolute Gasteiger partial charge is 0.472 e. The van der Waals surface area contributed by atoms with E-state index in [2.05, 4.69) is 32.1 Å². The van der Waals surface area contributed by atoms with Crippen LogP contribution < -0.4 is 9.64 Å². The average molecular weight is 382 g/mol. The standard InChI is InChI=1S/C22H18N6O/c23-12-17-13-26-28-14-16(6-7-20(17)28)19-4-3-10-25-22(19)27-11-8-18(15-27)29-21-5-1-2-9-24-21/h1-7,9-10,13-14,18H,8,11,15H2. The van der Waals surface area contributed by atoms with Gasteiger partial charge in [0.2, 0.25) is 5.88 Å². The van der Waals surface area contributed by atoms with E-state index < -0.39 is 0 Å². The summed E-state index contributed by atoms with van der Waals surface area (Å²) >= 11 is 0. The third-order valence-corrected chi connectivity index (χ3v) is 5.10. The van der Waals surface area contributed by atoms with Crippen LogP contribution in [0, 0.1) is 11.3 Å². The number of hydrogen-bond acceptors (Lipinski definition) is 6. The fourth-order valence-electron chi connectivity index (χ4n) is 3.71. The molecule has 5 rings (SSSR count). The van der Waals surface area contributed by atoms with Crippen LogP contribution in [0.2, 0.25) is 0 Å². The second-order valence-corrected chi connectivity index (χ2v) is 6.93. The van der Waals surface area contributed by atoms with Crippen LogP contribution >= 0.6 is 0 Å². The smallest absolute Gasteiger partial charge is 0.213 e. The average Bonchev–Trinajstić information content (AvgIpc) is 3.40. The number of anilines is 1. The summed E-state index contributed by atoms with van der Waals surface area (Å²) in [6.07, 6.45) is 8.06. The second-order valence-electron chi connectivity index (χ2n) is 6.93. The molecule has 7 heteroatoms. The van der Waals surface area contributed by atoms with E-state index in [-0.39, 0.29) is 6.10 Å². The molecule has 7 nitrogen and oxygen atoms in total. The van der Waals surface area contributed by atoms with Crippen LogP contribution in [0.15, 0.2) is 67.3 Å². The van der Waals surface area contributed by atoms with Gasteiger partial charge in [-0.3, -0.25) is 0 Å².